The van der Waals surface area contributed by atoms with E-state index in [1.165, 1.54) is 0 Å². The van der Waals surface area contributed by atoms with Crippen molar-refractivity contribution in [1.29, 1.82) is 5.26 Å². The first kappa shape index (κ1) is 22.7. The van der Waals surface area contributed by atoms with Gasteiger partial charge in [0.2, 0.25) is 5.91 Å². The summed E-state index contributed by atoms with van der Waals surface area (Å²) < 4.78 is 0. The van der Waals surface area contributed by atoms with Gasteiger partial charge in [-0.25, -0.2) is 4.98 Å². The van der Waals surface area contributed by atoms with Crippen LogP contribution in [0.15, 0.2) is 54.7 Å². The molecule has 1 aliphatic heterocycles. The number of benzene rings is 2. The predicted molar refractivity (Wildman–Crippen MR) is 130 cm³/mol. The summed E-state index contributed by atoms with van der Waals surface area (Å²) in [4.78, 5) is 24.0. The molecule has 3 aromatic rings. The Morgan fingerprint density at radius 1 is 1.12 bits per heavy atom. The third kappa shape index (κ3) is 4.68. The van der Waals surface area contributed by atoms with Gasteiger partial charge in [0.05, 0.1) is 29.2 Å². The maximum atomic E-state index is 12.1. The largest absolute Gasteiger partial charge is 0.368 e. The summed E-state index contributed by atoms with van der Waals surface area (Å²) in [6, 6.07) is 16.9. The van der Waals surface area contributed by atoms with Crippen molar-refractivity contribution in [1.82, 2.24) is 15.3 Å². The number of piperidine rings is 1. The van der Waals surface area contributed by atoms with Crippen molar-refractivity contribution in [2.24, 2.45) is 5.73 Å². The number of carbonyl (C=O) groups is 1. The summed E-state index contributed by atoms with van der Waals surface area (Å²) in [5, 5.41) is 13.1. The van der Waals surface area contributed by atoms with Gasteiger partial charge in [0.1, 0.15) is 11.4 Å². The zero-order valence-corrected chi connectivity index (χ0v) is 19.1. The first-order valence-electron chi connectivity index (χ1n) is 10.9. The number of nitriles is 1. The number of nitrogens with one attached hydrogen (secondary N) is 1. The monoisotopic (exact) mass is 460 g/mol. The Morgan fingerprint density at radius 3 is 2.30 bits per heavy atom. The standard InChI is InChI=1S/C25H25ClN6O/c1-2-30-25(24(28)33)11-13-32(14-12-25)21-16-29-22(18-7-9-20(26)10-8-18)23(31-21)19-5-3-17(15-27)4-6-19/h3-10,16,30H,2,11-14H2,1H3,(H2,28,33). The van der Waals surface area contributed by atoms with E-state index in [-0.39, 0.29) is 5.91 Å². The predicted octanol–water partition coefficient (Wildman–Crippen LogP) is 3.77. The highest BCUT2D eigenvalue weighted by Crippen LogP contribution is 2.33. The molecule has 7 nitrogen and oxygen atoms in total. The quantitative estimate of drug-likeness (QED) is 0.579. The second-order valence-corrected chi connectivity index (χ2v) is 8.52. The van der Waals surface area contributed by atoms with Crippen molar-refractivity contribution < 1.29 is 4.79 Å². The third-order valence-corrected chi connectivity index (χ3v) is 6.34. The number of nitrogens with zero attached hydrogens (tertiary/aromatic N) is 4. The molecule has 1 amide bonds. The molecular formula is C25H25ClN6O. The zero-order valence-electron chi connectivity index (χ0n) is 18.4. The van der Waals surface area contributed by atoms with Crippen LogP contribution in [0.4, 0.5) is 5.82 Å². The summed E-state index contributed by atoms with van der Waals surface area (Å²) in [6.07, 6.45) is 2.97. The number of amides is 1. The lowest BCUT2D eigenvalue weighted by atomic mass is 9.86. The second kappa shape index (κ2) is 9.57. The van der Waals surface area contributed by atoms with Crippen molar-refractivity contribution in [3.8, 4) is 28.6 Å². The summed E-state index contributed by atoms with van der Waals surface area (Å²) in [6.45, 7) is 3.93. The van der Waals surface area contributed by atoms with Gasteiger partial charge in [-0.05, 0) is 43.7 Å². The fourth-order valence-corrected chi connectivity index (χ4v) is 4.35. The molecule has 0 unspecified atom stereocenters. The highest BCUT2D eigenvalue weighted by atomic mass is 35.5. The molecule has 1 fully saturated rings. The number of hydrogen-bond acceptors (Lipinski definition) is 6. The topological polar surface area (TPSA) is 108 Å². The van der Waals surface area contributed by atoms with E-state index in [9.17, 15) is 4.79 Å². The van der Waals surface area contributed by atoms with Crippen LogP contribution in [0.25, 0.3) is 22.5 Å². The number of aromatic nitrogens is 2. The van der Waals surface area contributed by atoms with Crippen molar-refractivity contribution in [2.45, 2.75) is 25.3 Å². The minimum Gasteiger partial charge on any atom is -0.368 e. The van der Waals surface area contributed by atoms with Crippen molar-refractivity contribution >= 4 is 23.3 Å². The van der Waals surface area contributed by atoms with Gasteiger partial charge in [-0.1, -0.05) is 42.8 Å². The molecule has 2 heterocycles. The molecule has 168 valence electrons. The maximum Gasteiger partial charge on any atom is 0.237 e. The van der Waals surface area contributed by atoms with Crippen molar-refractivity contribution in [3.63, 3.8) is 0 Å². The minimum absolute atomic E-state index is 0.313. The number of carbonyl (C=O) groups excluding carboxylic acids is 1. The Hall–Kier alpha value is -3.47. The van der Waals surface area contributed by atoms with Crippen LogP contribution in [0, 0.1) is 11.3 Å². The number of likely N-dealkylation sites (N-methyl/N-ethyl adjacent to an activating group) is 1. The number of primary amides is 1. The van der Waals surface area contributed by atoms with Crippen LogP contribution in [0.2, 0.25) is 5.02 Å². The molecule has 0 atom stereocenters. The molecule has 0 aliphatic carbocycles. The molecule has 3 N–H and O–H groups in total. The smallest absolute Gasteiger partial charge is 0.237 e. The van der Waals surface area contributed by atoms with E-state index in [4.69, 9.17) is 32.6 Å². The van der Waals surface area contributed by atoms with E-state index >= 15 is 0 Å². The lowest BCUT2D eigenvalue weighted by Gasteiger charge is -2.40. The molecule has 0 spiro atoms. The lowest BCUT2D eigenvalue weighted by molar-refractivity contribution is -0.125. The number of nitrogens with two attached hydrogens (primary N) is 1. The van der Waals surface area contributed by atoms with Crippen LogP contribution < -0.4 is 16.0 Å². The molecule has 0 saturated carbocycles. The van der Waals surface area contributed by atoms with E-state index < -0.39 is 5.54 Å². The van der Waals surface area contributed by atoms with Gasteiger partial charge in [-0.15, -0.1) is 0 Å². The van der Waals surface area contributed by atoms with Gasteiger partial charge in [-0.2, -0.15) is 5.26 Å². The van der Waals surface area contributed by atoms with Gasteiger partial charge < -0.3 is 16.0 Å². The molecule has 0 radical (unpaired) electrons. The number of anilines is 1. The molecule has 0 bridgehead atoms. The normalized spacial score (nSPS) is 15.1. The Bertz CT molecular complexity index is 1180. The Balaban J connectivity index is 1.70. The SMILES string of the molecule is CCNC1(C(N)=O)CCN(c2cnc(-c3ccc(Cl)cc3)c(-c3ccc(C#N)cc3)n2)CC1. The van der Waals surface area contributed by atoms with Crippen LogP contribution in [-0.4, -0.2) is 41.0 Å². The minimum atomic E-state index is -0.683. The number of rotatable bonds is 6. The third-order valence-electron chi connectivity index (χ3n) is 6.09. The van der Waals surface area contributed by atoms with Crippen LogP contribution in [0.5, 0.6) is 0 Å². The number of hydrogen-bond donors (Lipinski definition) is 2. The number of halogens is 1. The summed E-state index contributed by atoms with van der Waals surface area (Å²) in [5.41, 5.74) is 8.83. The Morgan fingerprint density at radius 2 is 1.73 bits per heavy atom. The van der Waals surface area contributed by atoms with E-state index in [1.807, 2.05) is 43.3 Å². The Kier molecular flexibility index (Phi) is 6.59. The second-order valence-electron chi connectivity index (χ2n) is 8.09. The average Bonchev–Trinajstić information content (AvgIpc) is 2.85. The van der Waals surface area contributed by atoms with Gasteiger partial charge in [-0.3, -0.25) is 9.78 Å². The zero-order chi connectivity index (χ0) is 23.4. The maximum absolute atomic E-state index is 12.1. The van der Waals surface area contributed by atoms with E-state index in [0.717, 1.165) is 28.3 Å². The molecule has 1 aliphatic rings. The van der Waals surface area contributed by atoms with Crippen LogP contribution in [0.3, 0.4) is 0 Å². The first-order valence-corrected chi connectivity index (χ1v) is 11.3. The summed E-state index contributed by atoms with van der Waals surface area (Å²) in [7, 11) is 0. The fourth-order valence-electron chi connectivity index (χ4n) is 4.22. The van der Waals surface area contributed by atoms with E-state index in [1.54, 1.807) is 18.3 Å². The molecular weight excluding hydrogens is 436 g/mol. The van der Waals surface area contributed by atoms with E-state index in [2.05, 4.69) is 16.3 Å². The van der Waals surface area contributed by atoms with Crippen LogP contribution in [0.1, 0.15) is 25.3 Å². The van der Waals surface area contributed by atoms with Crippen LogP contribution >= 0.6 is 11.6 Å². The van der Waals surface area contributed by atoms with Crippen molar-refractivity contribution in [2.75, 3.05) is 24.5 Å². The average molecular weight is 461 g/mol. The fraction of sp³-hybridized carbons (Fsp3) is 0.280. The van der Waals surface area contributed by atoms with Crippen molar-refractivity contribution in [3.05, 3.63) is 65.3 Å². The molecule has 1 saturated heterocycles. The van der Waals surface area contributed by atoms with Gasteiger partial charge in [0, 0.05) is 29.2 Å². The molecule has 8 heteroatoms. The van der Waals surface area contributed by atoms with Gasteiger partial charge in [0.15, 0.2) is 0 Å². The molecule has 4 rings (SSSR count). The van der Waals surface area contributed by atoms with E-state index in [0.29, 0.717) is 43.1 Å². The Labute approximate surface area is 198 Å². The molecule has 2 aromatic carbocycles. The first-order chi connectivity index (χ1) is 16.0. The van der Waals surface area contributed by atoms with Crippen LogP contribution in [-0.2, 0) is 4.79 Å². The van der Waals surface area contributed by atoms with Gasteiger partial charge in [0.25, 0.3) is 0 Å². The highest BCUT2D eigenvalue weighted by Gasteiger charge is 2.39. The van der Waals surface area contributed by atoms with Gasteiger partial charge >= 0.3 is 0 Å². The lowest BCUT2D eigenvalue weighted by Crippen LogP contribution is -2.61. The molecule has 33 heavy (non-hydrogen) atoms. The highest BCUT2D eigenvalue weighted by molar-refractivity contribution is 6.30. The molecule has 1 aromatic heterocycles. The summed E-state index contributed by atoms with van der Waals surface area (Å²) >= 11 is 6.07. The summed E-state index contributed by atoms with van der Waals surface area (Å²) in [5.74, 6) is 0.424.